The number of hydrogen-bond acceptors (Lipinski definition) is 0. The van der Waals surface area contributed by atoms with Crippen molar-refractivity contribution in [1.29, 1.82) is 0 Å². The summed E-state index contributed by atoms with van der Waals surface area (Å²) >= 11 is 0. The molecular weight excluding hydrogens is 144 g/mol. The van der Waals surface area contributed by atoms with Crippen LogP contribution in [0.5, 0.6) is 0 Å². The minimum atomic E-state index is 1.17. The van der Waals surface area contributed by atoms with Crippen LogP contribution in [-0.4, -0.2) is 0 Å². The number of hydrogen-bond donors (Lipinski definition) is 0. The fraction of sp³-hybridized carbons (Fsp3) is 0.833. The van der Waals surface area contributed by atoms with E-state index in [0.717, 1.165) is 0 Å². The summed E-state index contributed by atoms with van der Waals surface area (Å²) in [5, 5.41) is 0. The van der Waals surface area contributed by atoms with Gasteiger partial charge in [-0.05, 0) is 61.2 Å². The quantitative estimate of drug-likeness (QED) is 0.475. The molecular formula is C12H14. The van der Waals surface area contributed by atoms with Crippen molar-refractivity contribution < 1.29 is 0 Å². The second-order valence-corrected chi connectivity index (χ2v) is 5.66. The van der Waals surface area contributed by atoms with Crippen LogP contribution in [-0.2, 0) is 0 Å². The Morgan fingerprint density at radius 1 is 0.750 bits per heavy atom. The zero-order valence-corrected chi connectivity index (χ0v) is 7.29. The van der Waals surface area contributed by atoms with E-state index in [0.29, 0.717) is 0 Å². The van der Waals surface area contributed by atoms with E-state index in [-0.39, 0.29) is 0 Å². The van der Waals surface area contributed by atoms with Crippen molar-refractivity contribution in [3.8, 4) is 0 Å². The lowest BCUT2D eigenvalue weighted by atomic mass is 9.25. The van der Waals surface area contributed by atoms with Gasteiger partial charge in [0.1, 0.15) is 0 Å². The second kappa shape index (κ2) is 1.32. The summed E-state index contributed by atoms with van der Waals surface area (Å²) in [6.45, 7) is 0. The van der Waals surface area contributed by atoms with Gasteiger partial charge in [-0.1, -0.05) is 11.1 Å². The van der Waals surface area contributed by atoms with Crippen LogP contribution in [0, 0.1) is 35.5 Å². The van der Waals surface area contributed by atoms with Crippen molar-refractivity contribution >= 4 is 0 Å². The molecule has 0 aromatic heterocycles. The van der Waals surface area contributed by atoms with Crippen LogP contribution < -0.4 is 0 Å². The Kier molecular flexibility index (Phi) is 0.603. The molecule has 0 N–H and O–H groups in total. The van der Waals surface area contributed by atoms with Crippen molar-refractivity contribution in [1.82, 2.24) is 0 Å². The first kappa shape index (κ1) is 5.47. The van der Waals surface area contributed by atoms with E-state index in [4.69, 9.17) is 0 Å². The minimum Gasteiger partial charge on any atom is -0.0664 e. The molecule has 0 aromatic rings. The van der Waals surface area contributed by atoms with Crippen LogP contribution >= 0.6 is 0 Å². The molecule has 0 radical (unpaired) electrons. The van der Waals surface area contributed by atoms with Crippen LogP contribution in [0.1, 0.15) is 25.7 Å². The Morgan fingerprint density at radius 3 is 1.58 bits per heavy atom. The van der Waals surface area contributed by atoms with Gasteiger partial charge in [0.25, 0.3) is 0 Å². The first-order valence-electron chi connectivity index (χ1n) is 5.68. The minimum absolute atomic E-state index is 1.17. The number of rotatable bonds is 0. The highest BCUT2D eigenvalue weighted by Crippen LogP contribution is 2.80. The zero-order chi connectivity index (χ0) is 7.45. The second-order valence-electron chi connectivity index (χ2n) is 5.66. The van der Waals surface area contributed by atoms with Crippen LogP contribution in [0.2, 0.25) is 0 Å². The molecule has 5 rings (SSSR count). The Labute approximate surface area is 73.0 Å². The molecule has 0 aliphatic heterocycles. The third-order valence-corrected chi connectivity index (χ3v) is 5.91. The van der Waals surface area contributed by atoms with E-state index < -0.39 is 0 Å². The maximum atomic E-state index is 1.95. The molecule has 5 aliphatic carbocycles. The Balaban J connectivity index is 1.62. The first-order chi connectivity index (χ1) is 5.97. The van der Waals surface area contributed by atoms with Crippen LogP contribution in [0.25, 0.3) is 0 Å². The van der Waals surface area contributed by atoms with E-state index in [1.807, 2.05) is 11.1 Å². The highest BCUT2D eigenvalue weighted by Gasteiger charge is 2.74. The van der Waals surface area contributed by atoms with Crippen molar-refractivity contribution in [2.45, 2.75) is 25.7 Å². The molecule has 0 aromatic carbocycles. The predicted octanol–water partition coefficient (Wildman–Crippen LogP) is 2.61. The molecule has 0 amide bonds. The Hall–Kier alpha value is -0.260. The standard InChI is InChI=1S/C12H14/c1-2-6-5(1)9-10(6)12-8-4-3-7(8)11(9)12/h5-6,9-12H,1-4H2. The van der Waals surface area contributed by atoms with E-state index in [1.54, 1.807) is 12.8 Å². The Bertz CT molecular complexity index is 293. The molecule has 0 bridgehead atoms. The summed E-state index contributed by atoms with van der Waals surface area (Å²) in [6, 6.07) is 0. The topological polar surface area (TPSA) is 0 Å². The van der Waals surface area contributed by atoms with Gasteiger partial charge in [0.2, 0.25) is 0 Å². The lowest BCUT2D eigenvalue weighted by molar-refractivity contribution is -0.247. The average molecular weight is 158 g/mol. The maximum Gasteiger partial charge on any atom is -0.00976 e. The zero-order valence-electron chi connectivity index (χ0n) is 7.29. The first-order valence-corrected chi connectivity index (χ1v) is 5.68. The van der Waals surface area contributed by atoms with Gasteiger partial charge in [0.15, 0.2) is 0 Å². The molecule has 0 nitrogen and oxygen atoms in total. The summed E-state index contributed by atoms with van der Waals surface area (Å²) in [5.74, 6) is 7.25. The van der Waals surface area contributed by atoms with E-state index in [2.05, 4.69) is 0 Å². The molecule has 0 heterocycles. The summed E-state index contributed by atoms with van der Waals surface area (Å²) < 4.78 is 0. The van der Waals surface area contributed by atoms with Crippen LogP contribution in [0.15, 0.2) is 11.1 Å². The van der Waals surface area contributed by atoms with Crippen LogP contribution in [0.4, 0.5) is 0 Å². The van der Waals surface area contributed by atoms with Crippen molar-refractivity contribution in [3.63, 3.8) is 0 Å². The largest absolute Gasteiger partial charge is 0.0664 e. The molecule has 3 saturated carbocycles. The summed E-state index contributed by atoms with van der Waals surface area (Å²) in [6.07, 6.45) is 6.18. The van der Waals surface area contributed by atoms with E-state index in [9.17, 15) is 0 Å². The normalized spacial score (nSPS) is 68.0. The Morgan fingerprint density at radius 2 is 1.25 bits per heavy atom. The molecule has 0 spiro atoms. The van der Waals surface area contributed by atoms with Gasteiger partial charge in [0, 0.05) is 0 Å². The third-order valence-electron chi connectivity index (χ3n) is 5.91. The van der Waals surface area contributed by atoms with Gasteiger partial charge in [0.05, 0.1) is 0 Å². The van der Waals surface area contributed by atoms with Crippen molar-refractivity contribution in [2.24, 2.45) is 35.5 Å². The maximum absolute atomic E-state index is 1.95. The lowest BCUT2D eigenvalue weighted by Crippen LogP contribution is -2.73. The SMILES string of the molecule is C1CC2=C1C1C2C2C3CCC3C12. The summed E-state index contributed by atoms with van der Waals surface area (Å²) in [7, 11) is 0. The van der Waals surface area contributed by atoms with E-state index in [1.165, 1.54) is 48.3 Å². The van der Waals surface area contributed by atoms with Gasteiger partial charge in [-0.15, -0.1) is 0 Å². The number of fused-ring (bicyclic) bond motifs is 9. The van der Waals surface area contributed by atoms with Gasteiger partial charge in [-0.25, -0.2) is 0 Å². The van der Waals surface area contributed by atoms with Crippen molar-refractivity contribution in [2.75, 3.05) is 0 Å². The molecule has 6 unspecified atom stereocenters. The van der Waals surface area contributed by atoms with Gasteiger partial charge in [-0.2, -0.15) is 0 Å². The van der Waals surface area contributed by atoms with E-state index >= 15 is 0 Å². The fourth-order valence-corrected chi connectivity index (χ4v) is 5.25. The molecule has 3 fully saturated rings. The van der Waals surface area contributed by atoms with Gasteiger partial charge >= 0.3 is 0 Å². The molecule has 62 valence electrons. The van der Waals surface area contributed by atoms with Gasteiger partial charge < -0.3 is 0 Å². The summed E-state index contributed by atoms with van der Waals surface area (Å²) in [4.78, 5) is 0. The predicted molar refractivity (Wildman–Crippen MR) is 46.4 cm³/mol. The van der Waals surface area contributed by atoms with Gasteiger partial charge in [-0.3, -0.25) is 0 Å². The highest BCUT2D eigenvalue weighted by atomic mass is 14.8. The summed E-state index contributed by atoms with van der Waals surface area (Å²) in [5.41, 5.74) is 3.90. The van der Waals surface area contributed by atoms with Crippen LogP contribution in [0.3, 0.4) is 0 Å². The molecule has 0 heteroatoms. The smallest absolute Gasteiger partial charge is 0.00976 e. The average Bonchev–Trinajstić information content (AvgIpc) is 1.99. The monoisotopic (exact) mass is 158 g/mol. The fourth-order valence-electron chi connectivity index (χ4n) is 5.25. The highest BCUT2D eigenvalue weighted by molar-refractivity contribution is 5.48. The molecule has 0 saturated heterocycles. The van der Waals surface area contributed by atoms with Crippen molar-refractivity contribution in [3.05, 3.63) is 11.1 Å². The third kappa shape index (κ3) is 0.301. The molecule has 6 atom stereocenters. The lowest BCUT2D eigenvalue weighted by Gasteiger charge is -2.79. The molecule has 12 heavy (non-hydrogen) atoms. The number of allylic oxidation sites excluding steroid dienone is 2. The molecule has 5 aliphatic rings.